The number of phenols is 1. The molecule has 2 aliphatic carbocycles. The third-order valence-corrected chi connectivity index (χ3v) is 10.5. The Morgan fingerprint density at radius 1 is 0.674 bits per heavy atom. The van der Waals surface area contributed by atoms with Crippen molar-refractivity contribution in [1.29, 1.82) is 0 Å². The van der Waals surface area contributed by atoms with Crippen LogP contribution in [0.4, 0.5) is 0 Å². The zero-order valence-electron chi connectivity index (χ0n) is 26.0. The minimum Gasteiger partial charge on any atom is -0.508 e. The molecule has 5 aromatic carbocycles. The van der Waals surface area contributed by atoms with Gasteiger partial charge in [-0.1, -0.05) is 115 Å². The monoisotopic (exact) mass is 608 g/mol. The summed E-state index contributed by atoms with van der Waals surface area (Å²) >= 11 is 0. The quantitative estimate of drug-likeness (QED) is 0.175. The highest BCUT2D eigenvalue weighted by Crippen LogP contribution is 2.65. The first-order valence-corrected chi connectivity index (χ1v) is 16.4. The lowest BCUT2D eigenvalue weighted by Crippen LogP contribution is -2.59. The van der Waals surface area contributed by atoms with Crippen LogP contribution in [0, 0.1) is 11.3 Å². The standard InChI is InChI=1S/C42H40O4/c43-35-18-10-15-32(27-35)33-20-22-36(38(28-33)46-29-31-13-6-2-7-14-31)39-37(21-19-30-11-4-1-5-12-30)40(44)41(39)23-25-42(45,26-24-41)34-16-8-3-9-17-34/h1-18,20,22,27-28,37,39,43,45H,19,21,23-26,29H2/t37?,39-,41?,42?/m0/s1. The zero-order chi connectivity index (χ0) is 31.6. The van der Waals surface area contributed by atoms with E-state index < -0.39 is 11.0 Å². The summed E-state index contributed by atoms with van der Waals surface area (Å²) in [6.45, 7) is 0.410. The molecule has 0 heterocycles. The van der Waals surface area contributed by atoms with Crippen LogP contribution in [0.15, 0.2) is 133 Å². The minimum absolute atomic E-state index is 0.0203. The van der Waals surface area contributed by atoms with Crippen LogP contribution in [-0.4, -0.2) is 16.0 Å². The number of hydrogen-bond donors (Lipinski definition) is 2. The largest absolute Gasteiger partial charge is 0.508 e. The third-order valence-electron chi connectivity index (χ3n) is 10.5. The molecule has 2 aliphatic rings. The van der Waals surface area contributed by atoms with Crippen molar-refractivity contribution in [2.75, 3.05) is 0 Å². The predicted octanol–water partition coefficient (Wildman–Crippen LogP) is 9.00. The van der Waals surface area contributed by atoms with Gasteiger partial charge in [-0.2, -0.15) is 0 Å². The average molecular weight is 609 g/mol. The molecular formula is C42H40O4. The van der Waals surface area contributed by atoms with Crippen LogP contribution in [0.3, 0.4) is 0 Å². The normalized spacial score (nSPS) is 24.0. The Bertz CT molecular complexity index is 1790. The Hall–Kier alpha value is -4.67. The molecular weight excluding hydrogens is 568 g/mol. The van der Waals surface area contributed by atoms with Crippen LogP contribution in [0.2, 0.25) is 0 Å². The Labute approximate surface area is 271 Å². The molecule has 0 aliphatic heterocycles. The van der Waals surface area contributed by atoms with Gasteiger partial charge in [-0.25, -0.2) is 0 Å². The van der Waals surface area contributed by atoms with Crippen LogP contribution in [0.1, 0.15) is 60.3 Å². The van der Waals surface area contributed by atoms with Crippen molar-refractivity contribution >= 4 is 5.78 Å². The second-order valence-electron chi connectivity index (χ2n) is 13.1. The summed E-state index contributed by atoms with van der Waals surface area (Å²) in [6.07, 6.45) is 3.97. The van der Waals surface area contributed by atoms with Gasteiger partial charge in [-0.3, -0.25) is 4.79 Å². The van der Waals surface area contributed by atoms with E-state index in [1.807, 2.05) is 66.7 Å². The highest BCUT2D eigenvalue weighted by Gasteiger charge is 2.63. The lowest BCUT2D eigenvalue weighted by molar-refractivity contribution is -0.161. The molecule has 2 fully saturated rings. The molecule has 46 heavy (non-hydrogen) atoms. The van der Waals surface area contributed by atoms with E-state index in [9.17, 15) is 15.0 Å². The number of hydrogen-bond acceptors (Lipinski definition) is 4. The molecule has 2 atom stereocenters. The molecule has 5 aromatic rings. The molecule has 1 unspecified atom stereocenters. The maximum Gasteiger partial charge on any atom is 0.143 e. The third kappa shape index (κ3) is 5.74. The van der Waals surface area contributed by atoms with E-state index in [1.165, 1.54) is 5.56 Å². The van der Waals surface area contributed by atoms with Crippen molar-refractivity contribution < 1.29 is 19.7 Å². The lowest BCUT2D eigenvalue weighted by Gasteiger charge is -2.58. The SMILES string of the molecule is O=C1C(CCc2ccccc2)[C@H](c2ccc(-c3cccc(O)c3)cc2OCc2ccccc2)C12CCC(O)(c1ccccc1)CC2. The predicted molar refractivity (Wildman–Crippen MR) is 182 cm³/mol. The van der Waals surface area contributed by atoms with Crippen molar-refractivity contribution in [2.24, 2.45) is 11.3 Å². The van der Waals surface area contributed by atoms with Crippen LogP contribution < -0.4 is 4.74 Å². The van der Waals surface area contributed by atoms with Gasteiger partial charge in [0.15, 0.2) is 0 Å². The first-order chi connectivity index (χ1) is 22.5. The van der Waals surface area contributed by atoms with Crippen molar-refractivity contribution in [1.82, 2.24) is 0 Å². The fourth-order valence-corrected chi connectivity index (χ4v) is 7.96. The highest BCUT2D eigenvalue weighted by molar-refractivity contribution is 5.96. The number of phenolic OH excluding ortho intramolecular Hbond substituents is 1. The van der Waals surface area contributed by atoms with E-state index in [0.717, 1.165) is 46.4 Å². The Morgan fingerprint density at radius 3 is 1.98 bits per heavy atom. The maximum absolute atomic E-state index is 14.4. The van der Waals surface area contributed by atoms with Crippen molar-refractivity contribution in [3.8, 4) is 22.6 Å². The first-order valence-electron chi connectivity index (χ1n) is 16.4. The number of carbonyl (C=O) groups is 1. The minimum atomic E-state index is -0.932. The molecule has 1 spiro atoms. The molecule has 2 saturated carbocycles. The van der Waals surface area contributed by atoms with E-state index in [-0.39, 0.29) is 17.6 Å². The number of ether oxygens (including phenoxy) is 1. The Morgan fingerprint density at radius 2 is 1.30 bits per heavy atom. The first kappa shape index (κ1) is 30.0. The number of ketones is 1. The van der Waals surface area contributed by atoms with E-state index in [0.29, 0.717) is 38.1 Å². The van der Waals surface area contributed by atoms with Gasteiger partial charge in [0, 0.05) is 17.3 Å². The second-order valence-corrected chi connectivity index (χ2v) is 13.1. The van der Waals surface area contributed by atoms with E-state index in [4.69, 9.17) is 4.74 Å². The molecule has 4 nitrogen and oxygen atoms in total. The molecule has 4 heteroatoms. The van der Waals surface area contributed by atoms with Crippen molar-refractivity contribution in [3.05, 3.63) is 156 Å². The van der Waals surface area contributed by atoms with Gasteiger partial charge in [0.05, 0.1) is 5.60 Å². The number of benzene rings is 5. The van der Waals surface area contributed by atoms with E-state index in [1.54, 1.807) is 12.1 Å². The fourth-order valence-electron chi connectivity index (χ4n) is 7.96. The van der Waals surface area contributed by atoms with Gasteiger partial charge in [0.25, 0.3) is 0 Å². The lowest BCUT2D eigenvalue weighted by atomic mass is 9.44. The number of carbonyl (C=O) groups excluding carboxylic acids is 1. The van der Waals surface area contributed by atoms with Gasteiger partial charge in [-0.15, -0.1) is 0 Å². The molecule has 0 bridgehead atoms. The van der Waals surface area contributed by atoms with Gasteiger partial charge in [0.1, 0.15) is 23.9 Å². The number of aliphatic hydroxyl groups is 1. The van der Waals surface area contributed by atoms with Gasteiger partial charge >= 0.3 is 0 Å². The summed E-state index contributed by atoms with van der Waals surface area (Å²) in [7, 11) is 0. The van der Waals surface area contributed by atoms with Gasteiger partial charge < -0.3 is 14.9 Å². The Balaban J connectivity index is 1.26. The van der Waals surface area contributed by atoms with Crippen molar-refractivity contribution in [3.63, 3.8) is 0 Å². The highest BCUT2D eigenvalue weighted by atomic mass is 16.5. The van der Waals surface area contributed by atoms with Crippen molar-refractivity contribution in [2.45, 2.75) is 56.7 Å². The molecule has 0 amide bonds. The molecule has 0 saturated heterocycles. The summed E-state index contributed by atoms with van der Waals surface area (Å²) in [5.41, 5.74) is 4.67. The summed E-state index contributed by atoms with van der Waals surface area (Å²) in [5.74, 6) is 1.16. The second kappa shape index (κ2) is 12.6. The van der Waals surface area contributed by atoms with E-state index in [2.05, 4.69) is 54.6 Å². The topological polar surface area (TPSA) is 66.8 Å². The summed E-state index contributed by atoms with van der Waals surface area (Å²) < 4.78 is 6.64. The molecule has 2 N–H and O–H groups in total. The zero-order valence-corrected chi connectivity index (χ0v) is 26.0. The van der Waals surface area contributed by atoms with Crippen LogP contribution in [0.25, 0.3) is 11.1 Å². The van der Waals surface area contributed by atoms with Gasteiger partial charge in [0.2, 0.25) is 0 Å². The van der Waals surface area contributed by atoms with Crippen LogP contribution in [0.5, 0.6) is 11.5 Å². The average Bonchev–Trinajstić information content (AvgIpc) is 3.11. The number of Topliss-reactive ketones (excluding diaryl/α,β-unsaturated/α-hetero) is 1. The van der Waals surface area contributed by atoms with Crippen LogP contribution >= 0.6 is 0 Å². The molecule has 0 radical (unpaired) electrons. The number of rotatable bonds is 9. The summed E-state index contributed by atoms with van der Waals surface area (Å²) in [6, 6.07) is 44.0. The fraction of sp³-hybridized carbons (Fsp3) is 0.262. The molecule has 0 aromatic heterocycles. The number of aromatic hydroxyl groups is 1. The smallest absolute Gasteiger partial charge is 0.143 e. The summed E-state index contributed by atoms with van der Waals surface area (Å²) in [5, 5.41) is 22.0. The molecule has 7 rings (SSSR count). The number of aryl methyl sites for hydroxylation is 1. The Kier molecular flexibility index (Phi) is 8.23. The van der Waals surface area contributed by atoms with Gasteiger partial charge in [-0.05, 0) is 90.1 Å². The van der Waals surface area contributed by atoms with E-state index >= 15 is 0 Å². The molecule has 232 valence electrons. The summed E-state index contributed by atoms with van der Waals surface area (Å²) in [4.78, 5) is 14.4. The maximum atomic E-state index is 14.4. The van der Waals surface area contributed by atoms with Crippen LogP contribution in [-0.2, 0) is 23.4 Å².